The van der Waals surface area contributed by atoms with E-state index in [0.29, 0.717) is 19.4 Å². The van der Waals surface area contributed by atoms with E-state index in [1.165, 1.54) is 11.1 Å². The summed E-state index contributed by atoms with van der Waals surface area (Å²) in [5.41, 5.74) is 4.67. The van der Waals surface area contributed by atoms with Crippen LogP contribution in [0.2, 0.25) is 0 Å². The Balaban J connectivity index is 1.37. The molecule has 2 amide bonds. The number of hydrogen-bond donors (Lipinski definition) is 4. The summed E-state index contributed by atoms with van der Waals surface area (Å²) < 4.78 is 5.52. The van der Waals surface area contributed by atoms with Crippen molar-refractivity contribution in [1.29, 1.82) is 0 Å². The number of aliphatic hydroxyl groups is 1. The molecule has 34 heavy (non-hydrogen) atoms. The van der Waals surface area contributed by atoms with Gasteiger partial charge < -0.3 is 25.6 Å². The number of rotatable bonds is 12. The molecule has 0 bridgehead atoms. The Morgan fingerprint density at radius 1 is 0.971 bits per heavy atom. The predicted molar refractivity (Wildman–Crippen MR) is 127 cm³/mol. The number of benzene rings is 2. The third kappa shape index (κ3) is 6.57. The van der Waals surface area contributed by atoms with Crippen molar-refractivity contribution >= 4 is 18.0 Å². The smallest absolute Gasteiger partial charge is 0.407 e. The van der Waals surface area contributed by atoms with Crippen molar-refractivity contribution in [3.63, 3.8) is 0 Å². The second-order valence-corrected chi connectivity index (χ2v) is 8.66. The van der Waals surface area contributed by atoms with Gasteiger partial charge in [0.05, 0.1) is 0 Å². The maximum absolute atomic E-state index is 12.2. The summed E-state index contributed by atoms with van der Waals surface area (Å²) in [7, 11) is 0. The van der Waals surface area contributed by atoms with Crippen LogP contribution >= 0.6 is 0 Å². The summed E-state index contributed by atoms with van der Waals surface area (Å²) in [6.07, 6.45) is 0.905. The van der Waals surface area contributed by atoms with Crippen LogP contribution in [0.4, 0.5) is 4.79 Å². The van der Waals surface area contributed by atoms with Crippen LogP contribution in [0, 0.1) is 5.92 Å². The number of carbonyl (C=O) groups is 3. The van der Waals surface area contributed by atoms with Gasteiger partial charge in [-0.15, -0.1) is 0 Å². The van der Waals surface area contributed by atoms with Crippen molar-refractivity contribution in [2.45, 2.75) is 44.6 Å². The maximum Gasteiger partial charge on any atom is 0.407 e. The van der Waals surface area contributed by atoms with Crippen LogP contribution in [-0.2, 0) is 14.3 Å². The zero-order valence-electron chi connectivity index (χ0n) is 19.3. The molecule has 0 spiro atoms. The van der Waals surface area contributed by atoms with Crippen LogP contribution in [0.3, 0.4) is 0 Å². The molecule has 182 valence electrons. The monoisotopic (exact) mass is 468 g/mol. The van der Waals surface area contributed by atoms with Gasteiger partial charge in [0.25, 0.3) is 0 Å². The molecule has 0 saturated heterocycles. The largest absolute Gasteiger partial charge is 0.480 e. The number of ether oxygens (including phenoxy) is 1. The fourth-order valence-electron chi connectivity index (χ4n) is 4.24. The van der Waals surface area contributed by atoms with E-state index in [4.69, 9.17) is 14.9 Å². The van der Waals surface area contributed by atoms with Gasteiger partial charge in [0, 0.05) is 31.9 Å². The van der Waals surface area contributed by atoms with Crippen LogP contribution in [0.25, 0.3) is 11.1 Å². The van der Waals surface area contributed by atoms with E-state index < -0.39 is 18.1 Å². The van der Waals surface area contributed by atoms with Crippen LogP contribution in [-0.4, -0.2) is 54.0 Å². The minimum Gasteiger partial charge on any atom is -0.480 e. The average Bonchev–Trinajstić information content (AvgIpc) is 3.15. The maximum atomic E-state index is 12.2. The van der Waals surface area contributed by atoms with Gasteiger partial charge in [0.1, 0.15) is 12.6 Å². The number of hydrogen-bond acceptors (Lipinski definition) is 5. The number of carboxylic acids is 1. The Morgan fingerprint density at radius 3 is 2.18 bits per heavy atom. The number of carbonyl (C=O) groups excluding carboxylic acids is 2. The molecular weight excluding hydrogens is 436 g/mol. The van der Waals surface area contributed by atoms with Crippen molar-refractivity contribution in [3.05, 3.63) is 59.7 Å². The third-order valence-electron chi connectivity index (χ3n) is 6.17. The Labute approximate surface area is 199 Å². The van der Waals surface area contributed by atoms with Gasteiger partial charge in [-0.1, -0.05) is 55.5 Å². The number of fused-ring (bicyclic) bond motifs is 3. The third-order valence-corrected chi connectivity index (χ3v) is 6.17. The van der Waals surface area contributed by atoms with E-state index in [2.05, 4.69) is 34.9 Å². The highest BCUT2D eigenvalue weighted by molar-refractivity contribution is 5.83. The molecule has 3 rings (SSSR count). The number of aliphatic carboxylic acids is 1. The molecule has 2 aromatic rings. The predicted octanol–water partition coefficient (Wildman–Crippen LogP) is 3.28. The summed E-state index contributed by atoms with van der Waals surface area (Å²) in [5.74, 6) is -1.36. The number of amides is 2. The van der Waals surface area contributed by atoms with E-state index >= 15 is 0 Å². The molecule has 8 nitrogen and oxygen atoms in total. The summed E-state index contributed by atoms with van der Waals surface area (Å²) in [6.45, 7) is 2.33. The highest BCUT2D eigenvalue weighted by Gasteiger charge is 2.29. The number of alkyl carbamates (subject to hydrolysis) is 1. The van der Waals surface area contributed by atoms with Gasteiger partial charge in [-0.25, -0.2) is 9.59 Å². The molecule has 0 saturated carbocycles. The fraction of sp³-hybridized carbons (Fsp3) is 0.423. The summed E-state index contributed by atoms with van der Waals surface area (Å²) in [5, 5.41) is 23.1. The molecule has 0 fully saturated rings. The van der Waals surface area contributed by atoms with Crippen molar-refractivity contribution in [3.8, 4) is 11.1 Å². The van der Waals surface area contributed by atoms with E-state index in [9.17, 15) is 14.4 Å². The van der Waals surface area contributed by atoms with Gasteiger partial charge in [-0.3, -0.25) is 4.79 Å². The summed E-state index contributed by atoms with van der Waals surface area (Å²) >= 11 is 0. The van der Waals surface area contributed by atoms with E-state index in [0.717, 1.165) is 11.1 Å². The second kappa shape index (κ2) is 12.2. The lowest BCUT2D eigenvalue weighted by Crippen LogP contribution is -2.41. The average molecular weight is 469 g/mol. The number of aliphatic hydroxyl groups excluding tert-OH is 1. The first-order valence-electron chi connectivity index (χ1n) is 11.6. The van der Waals surface area contributed by atoms with Gasteiger partial charge in [0.2, 0.25) is 5.91 Å². The lowest BCUT2D eigenvalue weighted by atomic mass is 9.98. The normalized spacial score (nSPS) is 13.9. The van der Waals surface area contributed by atoms with Crippen molar-refractivity contribution in [2.24, 2.45) is 5.92 Å². The summed E-state index contributed by atoms with van der Waals surface area (Å²) in [6, 6.07) is 15.2. The number of carboxylic acid groups (broad SMARTS) is 1. The Hall–Kier alpha value is -3.39. The highest BCUT2D eigenvalue weighted by atomic mass is 16.5. The minimum absolute atomic E-state index is 0.0102. The van der Waals surface area contributed by atoms with Crippen LogP contribution < -0.4 is 10.6 Å². The van der Waals surface area contributed by atoms with Crippen molar-refractivity contribution in [1.82, 2.24) is 10.6 Å². The standard InChI is InChI=1S/C26H32N2O6/c1-17(10-11-24(30)28-23(13-15-29)25(31)32)12-14-27-26(33)34-16-22-20-8-4-2-6-18(20)19-7-3-5-9-21(19)22/h2-9,17,22-23,29H,10-16H2,1H3,(H,27,33)(H,28,30)(H,31,32). The Bertz CT molecular complexity index is 963. The first-order chi connectivity index (χ1) is 16.4. The molecule has 0 heterocycles. The zero-order valence-corrected chi connectivity index (χ0v) is 19.3. The van der Waals surface area contributed by atoms with Crippen LogP contribution in [0.1, 0.15) is 49.7 Å². The SMILES string of the molecule is CC(CCNC(=O)OCC1c2ccccc2-c2ccccc21)CCC(=O)NC(CCO)C(=O)O. The van der Waals surface area contributed by atoms with E-state index in [-0.39, 0.29) is 43.8 Å². The van der Waals surface area contributed by atoms with Gasteiger partial charge in [-0.05, 0) is 41.0 Å². The van der Waals surface area contributed by atoms with Gasteiger partial charge in [0.15, 0.2) is 0 Å². The molecule has 1 aliphatic carbocycles. The second-order valence-electron chi connectivity index (χ2n) is 8.66. The molecule has 0 aliphatic heterocycles. The molecule has 0 radical (unpaired) electrons. The first kappa shape index (κ1) is 25.2. The van der Waals surface area contributed by atoms with E-state index in [1.54, 1.807) is 0 Å². The molecule has 0 aromatic heterocycles. The Morgan fingerprint density at radius 2 is 1.59 bits per heavy atom. The van der Waals surface area contributed by atoms with Crippen molar-refractivity contribution in [2.75, 3.05) is 19.8 Å². The molecule has 4 N–H and O–H groups in total. The van der Waals surface area contributed by atoms with Gasteiger partial charge >= 0.3 is 12.1 Å². The van der Waals surface area contributed by atoms with Crippen molar-refractivity contribution < 1.29 is 29.3 Å². The first-order valence-corrected chi connectivity index (χ1v) is 11.6. The minimum atomic E-state index is -1.16. The quantitative estimate of drug-likeness (QED) is 0.379. The van der Waals surface area contributed by atoms with Crippen LogP contribution in [0.5, 0.6) is 0 Å². The lowest BCUT2D eigenvalue weighted by Gasteiger charge is -2.16. The Kier molecular flexibility index (Phi) is 9.04. The summed E-state index contributed by atoms with van der Waals surface area (Å²) in [4.78, 5) is 35.3. The molecule has 2 atom stereocenters. The van der Waals surface area contributed by atoms with Gasteiger partial charge in [-0.2, -0.15) is 0 Å². The zero-order chi connectivity index (χ0) is 24.5. The molecule has 2 aromatic carbocycles. The number of nitrogens with one attached hydrogen (secondary N) is 2. The topological polar surface area (TPSA) is 125 Å². The fourth-order valence-corrected chi connectivity index (χ4v) is 4.24. The lowest BCUT2D eigenvalue weighted by molar-refractivity contribution is -0.142. The molecule has 1 aliphatic rings. The highest BCUT2D eigenvalue weighted by Crippen LogP contribution is 2.44. The van der Waals surface area contributed by atoms with E-state index in [1.807, 2.05) is 31.2 Å². The molecule has 8 heteroatoms. The molecular formula is C26H32N2O6. The van der Waals surface area contributed by atoms with Crippen LogP contribution in [0.15, 0.2) is 48.5 Å². The molecule has 2 unspecified atom stereocenters.